The van der Waals surface area contributed by atoms with Gasteiger partial charge in [0.2, 0.25) is 0 Å². The molecule has 130 valence electrons. The van der Waals surface area contributed by atoms with E-state index in [1.165, 1.54) is 0 Å². The van der Waals surface area contributed by atoms with Gasteiger partial charge in [0.1, 0.15) is 9.92 Å². The molecule has 1 aromatic carbocycles. The summed E-state index contributed by atoms with van der Waals surface area (Å²) in [7, 11) is 0. The van der Waals surface area contributed by atoms with Gasteiger partial charge in [-0.05, 0) is 25.1 Å². The quantitative estimate of drug-likeness (QED) is 0.485. The highest BCUT2D eigenvalue weighted by Gasteiger charge is 2.21. The molecule has 0 unspecified atom stereocenters. The topological polar surface area (TPSA) is 68.0 Å². The Morgan fingerprint density at radius 3 is 2.81 bits per heavy atom. The molecule has 0 saturated heterocycles. The number of nitrogens with one attached hydrogen (secondary N) is 1. The highest BCUT2D eigenvalue weighted by atomic mass is 32.2. The molecule has 0 fully saturated rings. The Hall–Kier alpha value is -2.64. The highest BCUT2D eigenvalue weighted by molar-refractivity contribution is 8.00. The molecule has 0 aliphatic carbocycles. The van der Waals surface area contributed by atoms with Gasteiger partial charge in [0.05, 0.1) is 0 Å². The van der Waals surface area contributed by atoms with Crippen LogP contribution in [0.25, 0.3) is 11.0 Å². The maximum Gasteiger partial charge on any atom is 0.291 e. The molecule has 4 rings (SSSR count). The summed E-state index contributed by atoms with van der Waals surface area (Å²) in [5.74, 6) is 0.686. The van der Waals surface area contributed by atoms with Crippen molar-refractivity contribution < 1.29 is 9.21 Å². The highest BCUT2D eigenvalue weighted by Crippen LogP contribution is 2.33. The molecule has 0 spiro atoms. The van der Waals surface area contributed by atoms with Crippen LogP contribution in [0, 0.1) is 6.92 Å². The van der Waals surface area contributed by atoms with Crippen LogP contribution < -0.4 is 5.32 Å². The van der Waals surface area contributed by atoms with Crippen LogP contribution in [0.3, 0.4) is 0 Å². The lowest BCUT2D eigenvalue weighted by atomic mass is 10.1. The Balaban J connectivity index is 1.65. The fraction of sp³-hybridized carbons (Fsp3) is 0.105. The second kappa shape index (κ2) is 7.31. The number of anilines is 1. The second-order valence-electron chi connectivity index (χ2n) is 5.64. The van der Waals surface area contributed by atoms with Gasteiger partial charge >= 0.3 is 0 Å². The maximum atomic E-state index is 12.8. The maximum absolute atomic E-state index is 12.8. The number of aromatic nitrogens is 2. The summed E-state index contributed by atoms with van der Waals surface area (Å²) in [5.41, 5.74) is 3.27. The number of nitrogens with zero attached hydrogens (tertiary/aromatic N) is 2. The van der Waals surface area contributed by atoms with E-state index in [0.29, 0.717) is 22.8 Å². The molecule has 0 radical (unpaired) electrons. The Labute approximate surface area is 158 Å². The van der Waals surface area contributed by atoms with Gasteiger partial charge in [-0.15, -0.1) is 11.3 Å². The van der Waals surface area contributed by atoms with Crippen molar-refractivity contribution >= 4 is 45.7 Å². The van der Waals surface area contributed by atoms with Gasteiger partial charge in [-0.3, -0.25) is 9.78 Å². The predicted molar refractivity (Wildman–Crippen MR) is 105 cm³/mol. The zero-order valence-corrected chi connectivity index (χ0v) is 15.6. The van der Waals surface area contributed by atoms with Crippen LogP contribution >= 0.6 is 23.1 Å². The number of benzene rings is 1. The molecule has 1 amide bonds. The normalized spacial score (nSPS) is 11.0. The lowest BCUT2D eigenvalue weighted by molar-refractivity contribution is 0.0998. The minimum absolute atomic E-state index is 0.265. The fourth-order valence-corrected chi connectivity index (χ4v) is 4.46. The third-order valence-electron chi connectivity index (χ3n) is 3.78. The third-order valence-corrected chi connectivity index (χ3v) is 5.95. The van der Waals surface area contributed by atoms with Gasteiger partial charge in [-0.2, -0.15) is 0 Å². The van der Waals surface area contributed by atoms with E-state index in [9.17, 15) is 4.79 Å². The van der Waals surface area contributed by atoms with Gasteiger partial charge in [-0.1, -0.05) is 30.0 Å². The molecule has 1 N–H and O–H groups in total. The summed E-state index contributed by atoms with van der Waals surface area (Å²) in [6.07, 6.45) is 3.27. The molecule has 7 heteroatoms. The van der Waals surface area contributed by atoms with Crippen LogP contribution in [0.5, 0.6) is 0 Å². The monoisotopic (exact) mass is 381 g/mol. The minimum Gasteiger partial charge on any atom is -0.451 e. The van der Waals surface area contributed by atoms with Gasteiger partial charge in [0, 0.05) is 45.9 Å². The van der Waals surface area contributed by atoms with Crippen LogP contribution in [0.15, 0.2) is 62.9 Å². The molecular formula is C19H15N3O2S2. The zero-order valence-electron chi connectivity index (χ0n) is 13.9. The number of aryl methyl sites for hydroxylation is 1. The van der Waals surface area contributed by atoms with Gasteiger partial charge in [0.25, 0.3) is 5.91 Å². The number of pyridine rings is 1. The van der Waals surface area contributed by atoms with Crippen LogP contribution in [0.2, 0.25) is 0 Å². The SMILES string of the molecule is Cc1csc(SCc2c(C(=O)Nc3ccncc3)oc3ccccc23)n1. The number of rotatable bonds is 5. The van der Waals surface area contributed by atoms with Gasteiger partial charge in [-0.25, -0.2) is 4.98 Å². The van der Waals surface area contributed by atoms with E-state index in [1.807, 2.05) is 36.6 Å². The Bertz CT molecular complexity index is 1060. The summed E-state index contributed by atoms with van der Waals surface area (Å²) in [6.45, 7) is 1.97. The van der Waals surface area contributed by atoms with Crippen LogP contribution in [0.4, 0.5) is 5.69 Å². The Morgan fingerprint density at radius 1 is 1.23 bits per heavy atom. The lowest BCUT2D eigenvalue weighted by Crippen LogP contribution is -2.12. The number of carbonyl (C=O) groups is 1. The summed E-state index contributed by atoms with van der Waals surface area (Å²) < 4.78 is 6.85. The first-order valence-corrected chi connectivity index (χ1v) is 9.84. The first-order chi connectivity index (χ1) is 12.7. The molecule has 0 saturated carbocycles. The van der Waals surface area contributed by atoms with Crippen molar-refractivity contribution in [3.8, 4) is 0 Å². The van der Waals surface area contributed by atoms with Crippen LogP contribution in [0.1, 0.15) is 21.8 Å². The molecule has 5 nitrogen and oxygen atoms in total. The molecule has 0 aliphatic rings. The molecule has 3 aromatic heterocycles. The summed E-state index contributed by atoms with van der Waals surface area (Å²) in [6, 6.07) is 11.2. The third kappa shape index (κ3) is 3.49. The standard InChI is InChI=1S/C19H15N3O2S2/c1-12-10-25-19(21-12)26-11-15-14-4-2-3-5-16(14)24-17(15)18(23)22-13-6-8-20-9-7-13/h2-10H,11H2,1H3,(H,20,22,23). The van der Waals surface area contributed by atoms with E-state index in [1.54, 1.807) is 47.6 Å². The van der Waals surface area contributed by atoms with Crippen molar-refractivity contribution in [3.05, 3.63) is 71.2 Å². The second-order valence-corrected chi connectivity index (χ2v) is 7.72. The lowest BCUT2D eigenvalue weighted by Gasteiger charge is -2.04. The predicted octanol–water partition coefficient (Wildman–Crippen LogP) is 5.14. The average Bonchev–Trinajstić information content (AvgIpc) is 3.24. The van der Waals surface area contributed by atoms with E-state index >= 15 is 0 Å². The molecule has 0 bridgehead atoms. The Morgan fingerprint density at radius 2 is 2.04 bits per heavy atom. The number of hydrogen-bond acceptors (Lipinski definition) is 6. The van der Waals surface area contributed by atoms with E-state index in [4.69, 9.17) is 4.42 Å². The van der Waals surface area contributed by atoms with Gasteiger partial charge in [0.15, 0.2) is 5.76 Å². The van der Waals surface area contributed by atoms with E-state index in [-0.39, 0.29) is 5.91 Å². The van der Waals surface area contributed by atoms with Crippen molar-refractivity contribution in [2.24, 2.45) is 0 Å². The molecular weight excluding hydrogens is 366 g/mol. The van der Waals surface area contributed by atoms with E-state index < -0.39 is 0 Å². The zero-order chi connectivity index (χ0) is 17.9. The fourth-order valence-electron chi connectivity index (χ4n) is 2.58. The first-order valence-electron chi connectivity index (χ1n) is 7.97. The first kappa shape index (κ1) is 16.8. The number of carbonyl (C=O) groups excluding carboxylic acids is 1. The number of para-hydroxylation sites is 1. The van der Waals surface area contributed by atoms with Crippen molar-refractivity contribution in [1.82, 2.24) is 9.97 Å². The summed E-state index contributed by atoms with van der Waals surface area (Å²) >= 11 is 3.22. The van der Waals surface area contributed by atoms with Crippen molar-refractivity contribution in [3.63, 3.8) is 0 Å². The van der Waals surface area contributed by atoms with Crippen molar-refractivity contribution in [1.29, 1.82) is 0 Å². The number of fused-ring (bicyclic) bond motifs is 1. The molecule has 26 heavy (non-hydrogen) atoms. The number of furan rings is 1. The van der Waals surface area contributed by atoms with Gasteiger partial charge < -0.3 is 9.73 Å². The molecule has 4 aromatic rings. The van der Waals surface area contributed by atoms with E-state index in [2.05, 4.69) is 15.3 Å². The van der Waals surface area contributed by atoms with Crippen LogP contribution in [-0.2, 0) is 5.75 Å². The Kier molecular flexibility index (Phi) is 4.73. The minimum atomic E-state index is -0.265. The smallest absolute Gasteiger partial charge is 0.291 e. The number of hydrogen-bond donors (Lipinski definition) is 1. The molecule has 3 heterocycles. The van der Waals surface area contributed by atoms with Crippen molar-refractivity contribution in [2.75, 3.05) is 5.32 Å². The summed E-state index contributed by atoms with van der Waals surface area (Å²) in [4.78, 5) is 21.2. The molecule has 0 aliphatic heterocycles. The average molecular weight is 381 g/mol. The van der Waals surface area contributed by atoms with Crippen molar-refractivity contribution in [2.45, 2.75) is 17.0 Å². The van der Waals surface area contributed by atoms with Crippen LogP contribution in [-0.4, -0.2) is 15.9 Å². The number of thioether (sulfide) groups is 1. The molecule has 0 atom stereocenters. The number of amides is 1. The largest absolute Gasteiger partial charge is 0.451 e. The van der Waals surface area contributed by atoms with E-state index in [0.717, 1.165) is 21.0 Å². The summed E-state index contributed by atoms with van der Waals surface area (Å²) in [5, 5.41) is 5.84. The number of thiazole rings is 1.